The summed E-state index contributed by atoms with van der Waals surface area (Å²) in [5, 5.41) is 6.14. The van der Waals surface area contributed by atoms with Gasteiger partial charge in [-0.3, -0.25) is 4.79 Å². The molecule has 0 radical (unpaired) electrons. The van der Waals surface area contributed by atoms with Gasteiger partial charge in [0.2, 0.25) is 0 Å². The van der Waals surface area contributed by atoms with Gasteiger partial charge in [0.15, 0.2) is 0 Å². The minimum atomic E-state index is -0.380. The van der Waals surface area contributed by atoms with Gasteiger partial charge in [-0.15, -0.1) is 12.4 Å². The summed E-state index contributed by atoms with van der Waals surface area (Å²) in [5.41, 5.74) is 1.25. The zero-order valence-corrected chi connectivity index (χ0v) is 14.7. The molecule has 1 saturated carbocycles. The van der Waals surface area contributed by atoms with Gasteiger partial charge in [0, 0.05) is 24.9 Å². The number of ether oxygens (including phenoxy) is 1. The lowest BCUT2D eigenvalue weighted by molar-refractivity contribution is -0.139. The Kier molecular flexibility index (Phi) is 6.07. The van der Waals surface area contributed by atoms with Gasteiger partial charge in [-0.1, -0.05) is 0 Å². The van der Waals surface area contributed by atoms with Crippen LogP contribution in [0.15, 0.2) is 34.1 Å². The molecular formula is C17H23ClN2O4. The van der Waals surface area contributed by atoms with Gasteiger partial charge in [0.25, 0.3) is 0 Å². The number of nitrogens with one attached hydrogen (secondary N) is 2. The lowest BCUT2D eigenvalue weighted by Gasteiger charge is -2.30. The Bertz CT molecular complexity index is 627. The van der Waals surface area contributed by atoms with Crippen molar-refractivity contribution in [2.24, 2.45) is 5.92 Å². The first kappa shape index (κ1) is 18.5. The van der Waals surface area contributed by atoms with E-state index < -0.39 is 0 Å². The monoisotopic (exact) mass is 354 g/mol. The maximum Gasteiger partial charge on any atom is 0.354 e. The van der Waals surface area contributed by atoms with Crippen LogP contribution in [0.5, 0.6) is 0 Å². The van der Waals surface area contributed by atoms with Crippen LogP contribution >= 0.6 is 12.4 Å². The van der Waals surface area contributed by atoms with Crippen LogP contribution < -0.4 is 10.6 Å². The molecule has 2 aliphatic rings. The molecule has 0 bridgehead atoms. The van der Waals surface area contributed by atoms with E-state index in [1.165, 1.54) is 0 Å². The number of likely N-dealkylation sites (N-methyl/N-ethyl adjacent to an activating group) is 1. The average molecular weight is 355 g/mol. The molecule has 0 aromatic carbocycles. The molecule has 2 heterocycles. The molecule has 1 aliphatic heterocycles. The first-order valence-corrected chi connectivity index (χ1v) is 7.97. The van der Waals surface area contributed by atoms with E-state index in [9.17, 15) is 9.59 Å². The highest BCUT2D eigenvalue weighted by atomic mass is 35.5. The molecule has 0 spiro atoms. The summed E-state index contributed by atoms with van der Waals surface area (Å²) < 4.78 is 10.7. The topological polar surface area (TPSA) is 80.6 Å². The number of carbonyl (C=O) groups is 2. The Morgan fingerprint density at radius 1 is 1.50 bits per heavy atom. The maximum absolute atomic E-state index is 12.5. The van der Waals surface area contributed by atoms with Gasteiger partial charge in [-0.05, 0) is 38.1 Å². The number of ketones is 1. The Morgan fingerprint density at radius 3 is 2.96 bits per heavy atom. The van der Waals surface area contributed by atoms with Gasteiger partial charge in [0.1, 0.15) is 23.8 Å². The van der Waals surface area contributed by atoms with Crippen LogP contribution in [0.25, 0.3) is 0 Å². The number of furan rings is 1. The minimum absolute atomic E-state index is 0. The highest BCUT2D eigenvalue weighted by Crippen LogP contribution is 2.41. The minimum Gasteiger partial charge on any atom is -0.469 e. The molecule has 1 aliphatic carbocycles. The van der Waals surface area contributed by atoms with E-state index in [1.54, 1.807) is 13.3 Å². The van der Waals surface area contributed by atoms with Gasteiger partial charge >= 0.3 is 5.97 Å². The van der Waals surface area contributed by atoms with E-state index in [4.69, 9.17) is 9.15 Å². The van der Waals surface area contributed by atoms with Crippen molar-refractivity contribution in [1.82, 2.24) is 10.6 Å². The Morgan fingerprint density at radius 2 is 2.29 bits per heavy atom. The van der Waals surface area contributed by atoms with Crippen LogP contribution in [0.4, 0.5) is 0 Å². The summed E-state index contributed by atoms with van der Waals surface area (Å²) >= 11 is 0. The van der Waals surface area contributed by atoms with Crippen LogP contribution in [0.3, 0.4) is 0 Å². The highest BCUT2D eigenvalue weighted by molar-refractivity contribution is 5.94. The predicted octanol–water partition coefficient (Wildman–Crippen LogP) is 1.77. The zero-order chi connectivity index (χ0) is 16.4. The first-order chi connectivity index (χ1) is 11.1. The van der Waals surface area contributed by atoms with Crippen molar-refractivity contribution in [3.63, 3.8) is 0 Å². The quantitative estimate of drug-likeness (QED) is 0.619. The predicted molar refractivity (Wildman–Crippen MR) is 90.9 cm³/mol. The van der Waals surface area contributed by atoms with Crippen LogP contribution in [0.1, 0.15) is 31.4 Å². The number of Topliss-reactive ketones (excluding diaryl/α,β-unsaturated/α-hetero) is 1. The maximum atomic E-state index is 12.5. The number of esters is 1. The van der Waals surface area contributed by atoms with E-state index in [0.717, 1.165) is 17.8 Å². The van der Waals surface area contributed by atoms with E-state index in [1.807, 2.05) is 19.1 Å². The van der Waals surface area contributed by atoms with E-state index in [-0.39, 0.29) is 42.0 Å². The lowest BCUT2D eigenvalue weighted by atomic mass is 9.75. The van der Waals surface area contributed by atoms with Gasteiger partial charge in [0.05, 0.1) is 12.2 Å². The Labute approximate surface area is 147 Å². The average Bonchev–Trinajstić information content (AvgIpc) is 3.15. The molecule has 3 rings (SSSR count). The summed E-state index contributed by atoms with van der Waals surface area (Å²) in [7, 11) is 1.80. The summed E-state index contributed by atoms with van der Waals surface area (Å²) in [6.07, 6.45) is 2.85. The summed E-state index contributed by atoms with van der Waals surface area (Å²) in [6.45, 7) is 2.76. The second-order valence-electron chi connectivity index (χ2n) is 6.14. The third-order valence-electron chi connectivity index (χ3n) is 4.66. The molecule has 132 valence electrons. The standard InChI is InChI=1S/C17H22N2O4.ClH/c1-10-15-12(19-16(10)17(21)23-7-5-18-2)8-11(9-13(15)20)14-4-3-6-22-14;/h3-4,6,11-12,15,18-19H,5,7-9H2,1-2H3;1H. The lowest BCUT2D eigenvalue weighted by Crippen LogP contribution is -2.40. The molecule has 7 heteroatoms. The van der Waals surface area contributed by atoms with Crippen molar-refractivity contribution in [2.45, 2.75) is 31.7 Å². The first-order valence-electron chi connectivity index (χ1n) is 7.97. The molecule has 3 unspecified atom stereocenters. The molecule has 6 nitrogen and oxygen atoms in total. The fourth-order valence-electron chi connectivity index (χ4n) is 3.54. The molecule has 0 saturated heterocycles. The third-order valence-corrected chi connectivity index (χ3v) is 4.66. The smallest absolute Gasteiger partial charge is 0.354 e. The molecule has 1 aromatic heterocycles. The van der Waals surface area contributed by atoms with Crippen LogP contribution in [-0.4, -0.2) is 38.0 Å². The van der Waals surface area contributed by atoms with Crippen LogP contribution in [-0.2, 0) is 14.3 Å². The fourth-order valence-corrected chi connectivity index (χ4v) is 3.54. The van der Waals surface area contributed by atoms with Crippen molar-refractivity contribution in [3.8, 4) is 0 Å². The zero-order valence-electron chi connectivity index (χ0n) is 13.8. The van der Waals surface area contributed by atoms with Crippen molar-refractivity contribution in [1.29, 1.82) is 0 Å². The van der Waals surface area contributed by atoms with Crippen LogP contribution in [0.2, 0.25) is 0 Å². The molecule has 3 atom stereocenters. The summed E-state index contributed by atoms with van der Waals surface area (Å²) in [6, 6.07) is 3.68. The molecule has 24 heavy (non-hydrogen) atoms. The Balaban J connectivity index is 0.00000208. The second-order valence-corrected chi connectivity index (χ2v) is 6.14. The third kappa shape index (κ3) is 3.49. The SMILES string of the molecule is CNCCOC(=O)C1=C(C)C2C(=O)CC(c3ccco3)CC2N1.Cl. The van der Waals surface area contributed by atoms with Crippen molar-refractivity contribution < 1.29 is 18.7 Å². The van der Waals surface area contributed by atoms with Crippen LogP contribution in [0, 0.1) is 5.92 Å². The number of halogens is 1. The molecule has 1 aromatic rings. The van der Waals surface area contributed by atoms with Gasteiger partial charge in [-0.25, -0.2) is 4.79 Å². The number of carbonyl (C=O) groups excluding carboxylic acids is 2. The van der Waals surface area contributed by atoms with E-state index in [2.05, 4.69) is 10.6 Å². The van der Waals surface area contributed by atoms with E-state index >= 15 is 0 Å². The number of rotatable bonds is 5. The normalized spacial score (nSPS) is 25.8. The van der Waals surface area contributed by atoms with Gasteiger partial charge < -0.3 is 19.8 Å². The van der Waals surface area contributed by atoms with E-state index in [0.29, 0.717) is 25.3 Å². The van der Waals surface area contributed by atoms with Crippen molar-refractivity contribution in [2.75, 3.05) is 20.2 Å². The van der Waals surface area contributed by atoms with Crippen molar-refractivity contribution in [3.05, 3.63) is 35.4 Å². The Hall–Kier alpha value is -1.79. The molecule has 2 N–H and O–H groups in total. The molecular weight excluding hydrogens is 332 g/mol. The molecule has 0 amide bonds. The van der Waals surface area contributed by atoms with Gasteiger partial charge in [-0.2, -0.15) is 0 Å². The summed E-state index contributed by atoms with van der Waals surface area (Å²) in [5.74, 6) is 0.452. The highest BCUT2D eigenvalue weighted by Gasteiger charge is 2.45. The fraction of sp³-hybridized carbons (Fsp3) is 0.529. The largest absolute Gasteiger partial charge is 0.469 e. The van der Waals surface area contributed by atoms with Crippen molar-refractivity contribution >= 4 is 24.2 Å². The number of fused-ring (bicyclic) bond motifs is 1. The summed E-state index contributed by atoms with van der Waals surface area (Å²) in [4.78, 5) is 24.7. The number of hydrogen-bond donors (Lipinski definition) is 2. The molecule has 1 fully saturated rings. The second kappa shape index (κ2) is 7.85. The number of hydrogen-bond acceptors (Lipinski definition) is 6.